The molecule has 1 N–H and O–H groups in total. The Morgan fingerprint density at radius 1 is 1.09 bits per heavy atom. The van der Waals surface area contributed by atoms with E-state index in [-0.39, 0.29) is 36.2 Å². The van der Waals surface area contributed by atoms with Gasteiger partial charge in [0.15, 0.2) is 5.25 Å². The van der Waals surface area contributed by atoms with Gasteiger partial charge in [-0.05, 0) is 6.42 Å². The molecule has 0 bridgehead atoms. The minimum absolute atomic E-state index is 0. The SMILES string of the molecule is CCCCCCCCCOC(=O)C(CC(=O)[O-])S(=O)(=O)O.[Na+]. The molecule has 9 heteroatoms. The summed E-state index contributed by atoms with van der Waals surface area (Å²) < 4.78 is 35.3. The van der Waals surface area contributed by atoms with Crippen LogP contribution in [0.4, 0.5) is 0 Å². The van der Waals surface area contributed by atoms with E-state index in [1.807, 2.05) is 0 Å². The molecule has 1 unspecified atom stereocenters. The van der Waals surface area contributed by atoms with Gasteiger partial charge in [-0.15, -0.1) is 0 Å². The van der Waals surface area contributed by atoms with Crippen molar-refractivity contribution in [1.82, 2.24) is 0 Å². The van der Waals surface area contributed by atoms with Gasteiger partial charge in [-0.2, -0.15) is 8.42 Å². The molecule has 1 atom stereocenters. The van der Waals surface area contributed by atoms with Crippen molar-refractivity contribution in [3.05, 3.63) is 0 Å². The Hall–Kier alpha value is -0.150. The van der Waals surface area contributed by atoms with E-state index in [0.29, 0.717) is 6.42 Å². The summed E-state index contributed by atoms with van der Waals surface area (Å²) >= 11 is 0. The Balaban J connectivity index is 0. The van der Waals surface area contributed by atoms with Crippen molar-refractivity contribution in [2.75, 3.05) is 6.61 Å². The summed E-state index contributed by atoms with van der Waals surface area (Å²) in [6.45, 7) is 2.13. The van der Waals surface area contributed by atoms with Gasteiger partial charge < -0.3 is 14.6 Å². The number of ether oxygens (including phenoxy) is 1. The van der Waals surface area contributed by atoms with Crippen LogP contribution in [0.25, 0.3) is 0 Å². The Kier molecular flexibility index (Phi) is 14.6. The zero-order valence-corrected chi connectivity index (χ0v) is 16.1. The van der Waals surface area contributed by atoms with Crippen LogP contribution < -0.4 is 34.7 Å². The molecule has 0 amide bonds. The fourth-order valence-corrected chi connectivity index (χ4v) is 2.44. The number of carboxylic acids is 1. The predicted molar refractivity (Wildman–Crippen MR) is 73.9 cm³/mol. The molecule has 0 aromatic heterocycles. The number of hydrogen-bond donors (Lipinski definition) is 1. The minimum atomic E-state index is -4.81. The first-order valence-electron chi connectivity index (χ1n) is 7.11. The van der Waals surface area contributed by atoms with Gasteiger partial charge >= 0.3 is 35.5 Å². The third-order valence-corrected chi connectivity index (χ3v) is 4.04. The van der Waals surface area contributed by atoms with E-state index in [9.17, 15) is 23.1 Å². The first kappa shape index (κ1) is 24.1. The zero-order chi connectivity index (χ0) is 16.3. The first-order chi connectivity index (χ1) is 9.79. The molecule has 0 aromatic carbocycles. The molecule has 124 valence electrons. The number of aliphatic carboxylic acids is 1. The van der Waals surface area contributed by atoms with Crippen molar-refractivity contribution in [2.24, 2.45) is 0 Å². The predicted octanol–water partition coefficient (Wildman–Crippen LogP) is -2.32. The summed E-state index contributed by atoms with van der Waals surface area (Å²) in [6, 6.07) is 0. The van der Waals surface area contributed by atoms with Crippen molar-refractivity contribution < 1.29 is 62.0 Å². The molecule has 0 saturated carbocycles. The largest absolute Gasteiger partial charge is 1.00 e. The van der Waals surface area contributed by atoms with E-state index >= 15 is 0 Å². The second-order valence-corrected chi connectivity index (χ2v) is 6.47. The summed E-state index contributed by atoms with van der Waals surface area (Å²) in [7, 11) is -4.81. The van der Waals surface area contributed by atoms with Crippen LogP contribution in [0.1, 0.15) is 58.3 Å². The molecular formula is C13H23NaO7S. The molecule has 0 spiro atoms. The molecule has 22 heavy (non-hydrogen) atoms. The van der Waals surface area contributed by atoms with Crippen LogP contribution in [0, 0.1) is 0 Å². The van der Waals surface area contributed by atoms with E-state index in [4.69, 9.17) is 9.29 Å². The molecule has 0 aromatic rings. The van der Waals surface area contributed by atoms with Gasteiger partial charge in [-0.1, -0.05) is 45.4 Å². The topological polar surface area (TPSA) is 121 Å². The van der Waals surface area contributed by atoms with Crippen molar-refractivity contribution in [3.63, 3.8) is 0 Å². The maximum atomic E-state index is 11.4. The smallest absolute Gasteiger partial charge is 0.550 e. The molecule has 0 aliphatic rings. The Labute approximate surface area is 153 Å². The third kappa shape index (κ3) is 12.4. The molecule has 0 aliphatic carbocycles. The minimum Gasteiger partial charge on any atom is -0.550 e. The van der Waals surface area contributed by atoms with Gasteiger partial charge in [-0.25, -0.2) is 0 Å². The fraction of sp³-hybridized carbons (Fsp3) is 0.846. The second-order valence-electron chi connectivity index (χ2n) is 4.87. The van der Waals surface area contributed by atoms with Gasteiger partial charge in [0, 0.05) is 12.4 Å². The van der Waals surface area contributed by atoms with Crippen LogP contribution in [0.15, 0.2) is 0 Å². The summed E-state index contributed by atoms with van der Waals surface area (Å²) in [5.74, 6) is -3.00. The van der Waals surface area contributed by atoms with Crippen LogP contribution >= 0.6 is 0 Å². The molecule has 0 radical (unpaired) electrons. The second kappa shape index (κ2) is 13.3. The number of hydrogen-bond acceptors (Lipinski definition) is 6. The van der Waals surface area contributed by atoms with Crippen LogP contribution in [0.3, 0.4) is 0 Å². The molecule has 0 aliphatic heterocycles. The number of esters is 1. The molecule has 0 saturated heterocycles. The van der Waals surface area contributed by atoms with Crippen LogP contribution in [0.5, 0.6) is 0 Å². The average molecular weight is 346 g/mol. The van der Waals surface area contributed by atoms with E-state index < -0.39 is 33.7 Å². The van der Waals surface area contributed by atoms with E-state index in [1.165, 1.54) is 6.42 Å². The maximum absolute atomic E-state index is 11.4. The molecular weight excluding hydrogens is 323 g/mol. The van der Waals surface area contributed by atoms with Crippen LogP contribution in [0.2, 0.25) is 0 Å². The van der Waals surface area contributed by atoms with Crippen LogP contribution in [-0.2, 0) is 24.4 Å². The Morgan fingerprint density at radius 2 is 1.59 bits per heavy atom. The summed E-state index contributed by atoms with van der Waals surface area (Å²) in [4.78, 5) is 21.8. The Bertz CT molecular complexity index is 422. The number of carboxylic acid groups (broad SMARTS) is 1. The third-order valence-electron chi connectivity index (χ3n) is 2.97. The molecule has 7 nitrogen and oxygen atoms in total. The van der Waals surface area contributed by atoms with Gasteiger partial charge in [-0.3, -0.25) is 9.35 Å². The van der Waals surface area contributed by atoms with Gasteiger partial charge in [0.25, 0.3) is 10.1 Å². The van der Waals surface area contributed by atoms with Gasteiger partial charge in [0.05, 0.1) is 6.61 Å². The Morgan fingerprint density at radius 3 is 2.05 bits per heavy atom. The monoisotopic (exact) mass is 346 g/mol. The van der Waals surface area contributed by atoms with Gasteiger partial charge in [0.1, 0.15) is 0 Å². The van der Waals surface area contributed by atoms with E-state index in [2.05, 4.69) is 6.92 Å². The van der Waals surface area contributed by atoms with Crippen molar-refractivity contribution in [2.45, 2.75) is 63.5 Å². The van der Waals surface area contributed by atoms with E-state index in [1.54, 1.807) is 0 Å². The fourth-order valence-electron chi connectivity index (χ4n) is 1.79. The van der Waals surface area contributed by atoms with Crippen molar-refractivity contribution in [3.8, 4) is 0 Å². The maximum Gasteiger partial charge on any atom is 1.00 e. The molecule has 0 rings (SSSR count). The van der Waals surface area contributed by atoms with Crippen molar-refractivity contribution in [1.29, 1.82) is 0 Å². The number of carbonyl (C=O) groups excluding carboxylic acids is 2. The molecule has 0 heterocycles. The zero-order valence-electron chi connectivity index (χ0n) is 13.2. The normalized spacial score (nSPS) is 12.3. The van der Waals surface area contributed by atoms with E-state index in [0.717, 1.165) is 32.1 Å². The number of rotatable bonds is 12. The number of carbonyl (C=O) groups is 2. The molecule has 0 fully saturated rings. The summed E-state index contributed by atoms with van der Waals surface area (Å²) in [6.07, 6.45) is 5.90. The standard InChI is InChI=1S/C13H24O7S.Na/c1-2-3-4-5-6-7-8-9-20-13(16)11(10-12(14)15)21(17,18)19;/h11H,2-10H2,1H3,(H,14,15)(H,17,18,19);/q;+1/p-1. The van der Waals surface area contributed by atoms with Crippen LogP contribution in [-0.4, -0.2) is 36.8 Å². The number of unbranched alkanes of at least 4 members (excludes halogenated alkanes) is 6. The quantitative estimate of drug-likeness (QED) is 0.182. The van der Waals surface area contributed by atoms with Crippen molar-refractivity contribution >= 4 is 22.1 Å². The van der Waals surface area contributed by atoms with Gasteiger partial charge in [0.2, 0.25) is 0 Å². The first-order valence-corrected chi connectivity index (χ1v) is 8.62. The summed E-state index contributed by atoms with van der Waals surface area (Å²) in [5, 5.41) is 8.25. The summed E-state index contributed by atoms with van der Waals surface area (Å²) in [5.41, 5.74) is 0. The average Bonchev–Trinajstić information content (AvgIpc) is 2.37.